The van der Waals surface area contributed by atoms with E-state index in [2.05, 4.69) is 30.0 Å². The predicted molar refractivity (Wildman–Crippen MR) is 251 cm³/mol. The van der Waals surface area contributed by atoms with E-state index in [4.69, 9.17) is 24.2 Å². The van der Waals surface area contributed by atoms with Gasteiger partial charge in [-0.05, 0) is 79.4 Å². The van der Waals surface area contributed by atoms with Crippen molar-refractivity contribution in [2.75, 3.05) is 27.3 Å². The molecule has 4 N–H and O–H groups in total. The van der Waals surface area contributed by atoms with Crippen molar-refractivity contribution in [3.8, 4) is 39.5 Å². The third kappa shape index (κ3) is 8.53. The van der Waals surface area contributed by atoms with Gasteiger partial charge in [0.2, 0.25) is 18.0 Å². The molecule has 5 atom stereocenters. The van der Waals surface area contributed by atoms with Gasteiger partial charge in [-0.2, -0.15) is 4.37 Å². The zero-order valence-electron chi connectivity index (χ0n) is 39.3. The average Bonchev–Trinajstić information content (AvgIpc) is 4.18. The molecule has 20 heteroatoms. The summed E-state index contributed by atoms with van der Waals surface area (Å²) in [5.74, 6) is 1.02. The second-order valence-electron chi connectivity index (χ2n) is 18.6. The molecule has 358 valence electrons. The molecule has 0 aliphatic carbocycles. The Morgan fingerprint density at radius 1 is 0.794 bits per heavy atom. The van der Waals surface area contributed by atoms with E-state index in [9.17, 15) is 19.2 Å². The van der Waals surface area contributed by atoms with Crippen LogP contribution in [0.1, 0.15) is 114 Å². The van der Waals surface area contributed by atoms with Crippen LogP contribution >= 0.6 is 11.5 Å². The Bertz CT molecular complexity index is 2890. The van der Waals surface area contributed by atoms with Crippen LogP contribution < -0.4 is 15.4 Å². The number of hydrogen-bond acceptors (Lipinski definition) is 12. The number of methoxy groups -OCH3 is 2. The third-order valence-corrected chi connectivity index (χ3v) is 13.9. The lowest BCUT2D eigenvalue weighted by Gasteiger charge is -2.30. The minimum Gasteiger partial charge on any atom is -0.462 e. The Kier molecular flexibility index (Phi) is 12.7. The van der Waals surface area contributed by atoms with E-state index in [0.29, 0.717) is 71.1 Å². The van der Waals surface area contributed by atoms with Gasteiger partial charge >= 0.3 is 12.2 Å². The molecule has 4 amide bonds. The molecule has 7 heterocycles. The van der Waals surface area contributed by atoms with Crippen LogP contribution in [0.15, 0.2) is 48.8 Å². The highest BCUT2D eigenvalue weighted by Crippen LogP contribution is 2.48. The number of hydrogen-bond donors (Lipinski definition) is 4. The normalized spacial score (nSPS) is 18.7. The summed E-state index contributed by atoms with van der Waals surface area (Å²) in [7, 11) is 2.54. The lowest BCUT2D eigenvalue weighted by Crippen LogP contribution is -2.51. The van der Waals surface area contributed by atoms with Gasteiger partial charge in [0.25, 0.3) is 0 Å². The van der Waals surface area contributed by atoms with Crippen LogP contribution in [0, 0.1) is 17.7 Å². The van der Waals surface area contributed by atoms with Gasteiger partial charge in [0, 0.05) is 35.5 Å². The molecule has 3 unspecified atom stereocenters. The van der Waals surface area contributed by atoms with Crippen molar-refractivity contribution in [2.45, 2.75) is 104 Å². The molecule has 18 nitrogen and oxygen atoms in total. The van der Waals surface area contributed by atoms with Crippen LogP contribution in [0.2, 0.25) is 0 Å². The smallest absolute Gasteiger partial charge is 0.407 e. The van der Waals surface area contributed by atoms with Crippen molar-refractivity contribution in [1.29, 1.82) is 0 Å². The highest BCUT2D eigenvalue weighted by molar-refractivity contribution is 7.05. The van der Waals surface area contributed by atoms with Gasteiger partial charge in [0.15, 0.2) is 5.01 Å². The Labute approximate surface area is 396 Å². The number of rotatable bonds is 12. The van der Waals surface area contributed by atoms with Crippen molar-refractivity contribution >= 4 is 46.4 Å². The van der Waals surface area contributed by atoms with E-state index in [1.54, 1.807) is 28.3 Å². The SMILES string of the molecule is COC(=O)NC(C(=O)N1CCC[C@H]1c1ncc(-c2cc(F)c3c(c2)OC(c2nc(C(C)C)ns2)n2c-3cc3cc(-c4cnc([C@@H]5CCCN5C(=O)C(NC(=O)OC)C(C)C)[nH]4)ccc32)[nH]1)C(C)C. The molecule has 0 spiro atoms. The summed E-state index contributed by atoms with van der Waals surface area (Å²) in [6.07, 6.45) is 4.20. The molecule has 0 bridgehead atoms. The van der Waals surface area contributed by atoms with Gasteiger partial charge in [0.1, 0.15) is 41.1 Å². The van der Waals surface area contributed by atoms with Crippen LogP contribution in [0.5, 0.6) is 5.75 Å². The Balaban J connectivity index is 1.03. The van der Waals surface area contributed by atoms with Gasteiger partial charge in [-0.15, -0.1) is 0 Å². The van der Waals surface area contributed by atoms with Crippen molar-refractivity contribution in [3.63, 3.8) is 0 Å². The highest BCUT2D eigenvalue weighted by atomic mass is 32.1. The number of nitrogens with one attached hydrogen (secondary N) is 4. The number of imidazole rings is 2. The molecule has 3 aliphatic rings. The maximum Gasteiger partial charge on any atom is 0.407 e. The molecule has 0 saturated carbocycles. The molecule has 68 heavy (non-hydrogen) atoms. The van der Waals surface area contributed by atoms with Crippen LogP contribution in [0.25, 0.3) is 44.7 Å². The van der Waals surface area contributed by atoms with E-state index in [1.165, 1.54) is 31.8 Å². The summed E-state index contributed by atoms with van der Waals surface area (Å²) in [5, 5.41) is 6.82. The number of halogens is 1. The fourth-order valence-electron chi connectivity index (χ4n) is 9.53. The van der Waals surface area contributed by atoms with Gasteiger partial charge < -0.3 is 44.6 Å². The first-order valence-corrected chi connectivity index (χ1v) is 23.8. The van der Waals surface area contributed by atoms with E-state index < -0.39 is 36.3 Å². The second kappa shape index (κ2) is 18.7. The van der Waals surface area contributed by atoms with E-state index in [1.807, 2.05) is 70.4 Å². The first-order valence-electron chi connectivity index (χ1n) is 23.0. The molecule has 2 aromatic carbocycles. The van der Waals surface area contributed by atoms with E-state index in [0.717, 1.165) is 35.0 Å². The maximum absolute atomic E-state index is 16.9. The zero-order chi connectivity index (χ0) is 48.1. The molecule has 0 radical (unpaired) electrons. The van der Waals surface area contributed by atoms with Crippen LogP contribution in [0.3, 0.4) is 0 Å². The molecule has 2 saturated heterocycles. The van der Waals surface area contributed by atoms with Crippen molar-refractivity contribution in [1.82, 2.24) is 54.3 Å². The summed E-state index contributed by atoms with van der Waals surface area (Å²) < 4.78 is 39.8. The number of amides is 4. The number of alkyl carbamates (subject to hydrolysis) is 2. The fraction of sp³-hybridized carbons (Fsp3) is 0.458. The predicted octanol–water partition coefficient (Wildman–Crippen LogP) is 8.23. The number of carbonyl (C=O) groups excluding carboxylic acids is 4. The van der Waals surface area contributed by atoms with Gasteiger partial charge in [-0.3, -0.25) is 14.2 Å². The molecule has 9 rings (SSSR count). The van der Waals surface area contributed by atoms with Crippen molar-refractivity contribution in [2.24, 2.45) is 11.8 Å². The Morgan fingerprint density at radius 3 is 1.90 bits per heavy atom. The Hall–Kier alpha value is -6.83. The first kappa shape index (κ1) is 46.3. The number of ether oxygens (including phenoxy) is 3. The summed E-state index contributed by atoms with van der Waals surface area (Å²) >= 11 is 1.24. The number of H-pyrrole nitrogens is 2. The fourth-order valence-corrected chi connectivity index (χ4v) is 10.4. The van der Waals surface area contributed by atoms with Crippen LogP contribution in [0.4, 0.5) is 14.0 Å². The average molecular weight is 950 g/mol. The molecule has 4 aromatic heterocycles. The van der Waals surface area contributed by atoms with Gasteiger partial charge in [-0.25, -0.2) is 28.9 Å². The standard InChI is InChI=1S/C48H56FN11O7S/c1-23(2)38(54-47(63)65-7)44(61)58-15-9-11-33(58)41-50-21-30(52-41)26-13-14-32-28(17-26)19-35-37-29(49)18-27(20-36(37)67-46(60(32)35)43-56-40(25(5)6)57-68-43)31-22-51-42(53-31)34-12-10-16-59(34)45(62)39(24(3)4)55-48(64)66-8/h13-14,17-25,33-34,38-39,46H,9-12,15-16H2,1-8H3,(H,50,52)(H,51,53)(H,54,63)(H,55,64)/t33-,34-,38?,39?,46?/m0/s1. The van der Waals surface area contributed by atoms with Gasteiger partial charge in [-0.1, -0.05) is 47.6 Å². The summed E-state index contributed by atoms with van der Waals surface area (Å²) in [4.78, 5) is 76.5. The molecule has 2 fully saturated rings. The maximum atomic E-state index is 16.9. The van der Waals surface area contributed by atoms with Crippen molar-refractivity contribution < 1.29 is 37.8 Å². The summed E-state index contributed by atoms with van der Waals surface area (Å²) in [6, 6.07) is 8.96. The lowest BCUT2D eigenvalue weighted by molar-refractivity contribution is -0.136. The minimum atomic E-state index is -0.781. The van der Waals surface area contributed by atoms with Crippen molar-refractivity contribution in [3.05, 3.63) is 77.1 Å². The number of nitrogens with zero attached hydrogens (tertiary/aromatic N) is 7. The third-order valence-electron chi connectivity index (χ3n) is 13.1. The number of aromatic nitrogens is 7. The highest BCUT2D eigenvalue weighted by Gasteiger charge is 2.40. The zero-order valence-corrected chi connectivity index (χ0v) is 40.1. The van der Waals surface area contributed by atoms with Crippen LogP contribution in [-0.4, -0.2) is 107 Å². The summed E-state index contributed by atoms with van der Waals surface area (Å²) in [5.41, 5.74) is 4.32. The lowest BCUT2D eigenvalue weighted by atomic mass is 10.0. The van der Waals surface area contributed by atoms with E-state index >= 15 is 4.39 Å². The number of fused-ring (bicyclic) bond motifs is 5. The summed E-state index contributed by atoms with van der Waals surface area (Å²) in [6.45, 7) is 12.6. The van der Waals surface area contributed by atoms with Crippen LogP contribution in [-0.2, 0) is 19.1 Å². The number of aromatic amines is 2. The second-order valence-corrected chi connectivity index (χ2v) is 19.4. The molecular formula is C48H56FN11O7S. The minimum absolute atomic E-state index is 0.0753. The monoisotopic (exact) mass is 949 g/mol. The van der Waals surface area contributed by atoms with Gasteiger partial charge in [0.05, 0.1) is 66.9 Å². The molecule has 3 aliphatic heterocycles. The van der Waals surface area contributed by atoms with E-state index in [-0.39, 0.29) is 47.2 Å². The molecule has 6 aromatic rings. The Morgan fingerprint density at radius 2 is 1.37 bits per heavy atom. The largest absolute Gasteiger partial charge is 0.462 e. The quantitative estimate of drug-likeness (QED) is 0.0917. The number of carbonyl (C=O) groups is 4. The first-order chi connectivity index (χ1) is 32.6. The topological polar surface area (TPSA) is 215 Å². The number of likely N-dealkylation sites (tertiary alicyclic amines) is 2. The molecular weight excluding hydrogens is 894 g/mol. The number of benzene rings is 2.